The number of unbranched alkanes of at least 4 members (excludes halogenated alkanes) is 1. The SMILES string of the molecule is CCOC(=O)[C@H](CCc1ccccc1)CN(CCCCN)C(=O)C1(C(=O)OCC)Cc2ccccc2N1. The highest BCUT2D eigenvalue weighted by molar-refractivity contribution is 6.12. The van der Waals surface area contributed by atoms with E-state index < -0.39 is 23.3 Å². The lowest BCUT2D eigenvalue weighted by molar-refractivity contribution is -0.157. The molecular weight excluding hydrogens is 470 g/mol. The number of aryl methyl sites for hydroxylation is 1. The van der Waals surface area contributed by atoms with Crippen LogP contribution < -0.4 is 11.1 Å². The normalized spacial score (nSPS) is 16.8. The molecule has 1 amide bonds. The smallest absolute Gasteiger partial charge is 0.342 e. The summed E-state index contributed by atoms with van der Waals surface area (Å²) in [6.45, 7) is 4.91. The first-order chi connectivity index (χ1) is 17.9. The molecule has 37 heavy (non-hydrogen) atoms. The van der Waals surface area contributed by atoms with Crippen molar-refractivity contribution in [3.05, 3.63) is 65.7 Å². The van der Waals surface area contributed by atoms with Crippen LogP contribution in [0.15, 0.2) is 54.6 Å². The lowest BCUT2D eigenvalue weighted by Gasteiger charge is -2.35. The Morgan fingerprint density at radius 1 is 1.00 bits per heavy atom. The summed E-state index contributed by atoms with van der Waals surface area (Å²) in [5.74, 6) is -1.89. The van der Waals surface area contributed by atoms with E-state index in [-0.39, 0.29) is 32.1 Å². The maximum absolute atomic E-state index is 14.2. The summed E-state index contributed by atoms with van der Waals surface area (Å²) in [5, 5.41) is 3.18. The Morgan fingerprint density at radius 3 is 2.38 bits per heavy atom. The van der Waals surface area contributed by atoms with Crippen LogP contribution in [0, 0.1) is 5.92 Å². The summed E-state index contributed by atoms with van der Waals surface area (Å²) >= 11 is 0. The quantitative estimate of drug-likeness (QED) is 0.228. The molecule has 0 fully saturated rings. The maximum Gasteiger partial charge on any atom is 0.342 e. The molecule has 8 heteroatoms. The average molecular weight is 510 g/mol. The molecule has 1 aliphatic rings. The lowest BCUT2D eigenvalue weighted by atomic mass is 9.91. The topological polar surface area (TPSA) is 111 Å². The van der Waals surface area contributed by atoms with Gasteiger partial charge in [0.15, 0.2) is 0 Å². The molecule has 0 saturated carbocycles. The van der Waals surface area contributed by atoms with Gasteiger partial charge in [0.05, 0.1) is 19.1 Å². The van der Waals surface area contributed by atoms with Crippen LogP contribution in [0.5, 0.6) is 0 Å². The van der Waals surface area contributed by atoms with E-state index in [1.165, 1.54) is 0 Å². The number of nitrogens with zero attached hydrogens (tertiary/aromatic N) is 1. The Morgan fingerprint density at radius 2 is 1.70 bits per heavy atom. The van der Waals surface area contributed by atoms with Gasteiger partial charge in [-0.1, -0.05) is 48.5 Å². The number of nitrogens with two attached hydrogens (primary N) is 1. The van der Waals surface area contributed by atoms with E-state index in [2.05, 4.69) is 5.32 Å². The number of carbonyl (C=O) groups is 3. The third-order valence-electron chi connectivity index (χ3n) is 6.66. The van der Waals surface area contributed by atoms with Crippen LogP contribution in [0.3, 0.4) is 0 Å². The molecule has 1 heterocycles. The number of hydrogen-bond donors (Lipinski definition) is 2. The third-order valence-corrected chi connectivity index (χ3v) is 6.66. The standard InChI is InChI=1S/C29H39N3O5/c1-3-36-26(33)24(17-16-22-12-6-5-7-13-22)21-32(19-11-10-18-30)27(34)29(28(35)37-4-2)20-23-14-8-9-15-25(23)31-29/h5-9,12-15,24,31H,3-4,10-11,16-21,30H2,1-2H3/t24-,29?/m1/s1. The number of ether oxygens (including phenoxy) is 2. The minimum absolute atomic E-state index is 0.147. The molecule has 1 unspecified atom stereocenters. The minimum atomic E-state index is -1.58. The molecule has 3 N–H and O–H groups in total. The predicted octanol–water partition coefficient (Wildman–Crippen LogP) is 3.34. The first-order valence-electron chi connectivity index (χ1n) is 13.2. The van der Waals surface area contributed by atoms with Crippen LogP contribution >= 0.6 is 0 Å². The second kappa shape index (κ2) is 13.8. The first-order valence-corrected chi connectivity index (χ1v) is 13.2. The highest BCUT2D eigenvalue weighted by Crippen LogP contribution is 2.35. The van der Waals surface area contributed by atoms with Gasteiger partial charge >= 0.3 is 11.9 Å². The fourth-order valence-corrected chi connectivity index (χ4v) is 4.74. The molecule has 2 atom stereocenters. The Labute approximate surface area is 219 Å². The number of hydrogen-bond acceptors (Lipinski definition) is 7. The zero-order chi connectivity index (χ0) is 26.7. The number of para-hydroxylation sites is 1. The van der Waals surface area contributed by atoms with Crippen molar-refractivity contribution in [2.24, 2.45) is 11.7 Å². The number of fused-ring (bicyclic) bond motifs is 1. The van der Waals surface area contributed by atoms with Gasteiger partial charge in [-0.2, -0.15) is 0 Å². The van der Waals surface area contributed by atoms with Crippen molar-refractivity contribution in [1.82, 2.24) is 4.90 Å². The molecule has 0 radical (unpaired) electrons. The molecule has 2 aromatic carbocycles. The van der Waals surface area contributed by atoms with Gasteiger partial charge in [-0.25, -0.2) is 4.79 Å². The third kappa shape index (κ3) is 7.10. The Hall–Kier alpha value is -3.39. The molecule has 0 aromatic heterocycles. The van der Waals surface area contributed by atoms with Crippen LogP contribution in [-0.4, -0.2) is 61.1 Å². The largest absolute Gasteiger partial charge is 0.466 e. The molecule has 200 valence electrons. The van der Waals surface area contributed by atoms with Gasteiger partial charge in [0, 0.05) is 25.2 Å². The molecule has 3 rings (SSSR count). The highest BCUT2D eigenvalue weighted by atomic mass is 16.5. The number of carbonyl (C=O) groups excluding carboxylic acids is 3. The number of amides is 1. The summed E-state index contributed by atoms with van der Waals surface area (Å²) in [6, 6.07) is 17.4. The van der Waals surface area contributed by atoms with Crippen molar-refractivity contribution in [3.8, 4) is 0 Å². The van der Waals surface area contributed by atoms with Crippen molar-refractivity contribution in [2.75, 3.05) is 38.2 Å². The second-order valence-corrected chi connectivity index (χ2v) is 9.30. The number of benzene rings is 2. The maximum atomic E-state index is 14.2. The number of nitrogens with one attached hydrogen (secondary N) is 1. The fourth-order valence-electron chi connectivity index (χ4n) is 4.74. The first kappa shape index (κ1) is 28.2. The molecule has 0 bridgehead atoms. The van der Waals surface area contributed by atoms with Crippen LogP contribution in [0.1, 0.15) is 44.2 Å². The monoisotopic (exact) mass is 509 g/mol. The fraction of sp³-hybridized carbons (Fsp3) is 0.483. The molecule has 0 saturated heterocycles. The number of esters is 2. The molecule has 2 aromatic rings. The highest BCUT2D eigenvalue weighted by Gasteiger charge is 2.53. The van der Waals surface area contributed by atoms with E-state index >= 15 is 0 Å². The molecule has 0 spiro atoms. The number of anilines is 1. The Kier molecular flexibility index (Phi) is 10.5. The number of rotatable bonds is 14. The Balaban J connectivity index is 1.89. The van der Waals surface area contributed by atoms with Crippen LogP contribution in [-0.2, 0) is 36.7 Å². The van der Waals surface area contributed by atoms with Crippen molar-refractivity contribution >= 4 is 23.5 Å². The summed E-state index contributed by atoms with van der Waals surface area (Å²) in [4.78, 5) is 42.1. The van der Waals surface area contributed by atoms with E-state index in [1.54, 1.807) is 18.7 Å². The second-order valence-electron chi connectivity index (χ2n) is 9.30. The van der Waals surface area contributed by atoms with Gasteiger partial charge in [0.2, 0.25) is 5.54 Å². The van der Waals surface area contributed by atoms with E-state index in [0.29, 0.717) is 32.4 Å². The molecule has 1 aliphatic heterocycles. The molecule has 8 nitrogen and oxygen atoms in total. The van der Waals surface area contributed by atoms with Crippen molar-refractivity contribution in [1.29, 1.82) is 0 Å². The predicted molar refractivity (Wildman–Crippen MR) is 143 cm³/mol. The summed E-state index contributed by atoms with van der Waals surface area (Å²) in [6.07, 6.45) is 2.74. The zero-order valence-electron chi connectivity index (χ0n) is 21.9. The van der Waals surface area contributed by atoms with Crippen molar-refractivity contribution < 1.29 is 23.9 Å². The van der Waals surface area contributed by atoms with E-state index in [4.69, 9.17) is 15.2 Å². The Bertz CT molecular complexity index is 1020. The van der Waals surface area contributed by atoms with Gasteiger partial charge in [0.25, 0.3) is 5.91 Å². The summed E-state index contributed by atoms with van der Waals surface area (Å²) in [5.41, 5.74) is 6.85. The van der Waals surface area contributed by atoms with Gasteiger partial charge in [0.1, 0.15) is 0 Å². The summed E-state index contributed by atoms with van der Waals surface area (Å²) < 4.78 is 10.8. The van der Waals surface area contributed by atoms with E-state index in [9.17, 15) is 14.4 Å². The van der Waals surface area contributed by atoms with Gasteiger partial charge in [-0.15, -0.1) is 0 Å². The molecule has 0 aliphatic carbocycles. The van der Waals surface area contributed by atoms with Crippen LogP contribution in [0.2, 0.25) is 0 Å². The van der Waals surface area contributed by atoms with Gasteiger partial charge in [-0.05, 0) is 63.3 Å². The van der Waals surface area contributed by atoms with E-state index in [0.717, 1.165) is 23.2 Å². The zero-order valence-corrected chi connectivity index (χ0v) is 21.9. The van der Waals surface area contributed by atoms with Crippen molar-refractivity contribution in [3.63, 3.8) is 0 Å². The van der Waals surface area contributed by atoms with Crippen LogP contribution in [0.4, 0.5) is 5.69 Å². The summed E-state index contributed by atoms with van der Waals surface area (Å²) in [7, 11) is 0. The minimum Gasteiger partial charge on any atom is -0.466 e. The average Bonchev–Trinajstić information content (AvgIpc) is 3.31. The van der Waals surface area contributed by atoms with Crippen molar-refractivity contribution in [2.45, 2.75) is 51.5 Å². The van der Waals surface area contributed by atoms with E-state index in [1.807, 2.05) is 54.6 Å². The van der Waals surface area contributed by atoms with Gasteiger partial charge in [-0.3, -0.25) is 9.59 Å². The lowest BCUT2D eigenvalue weighted by Crippen LogP contribution is -2.60. The van der Waals surface area contributed by atoms with Crippen LogP contribution in [0.25, 0.3) is 0 Å². The molecular formula is C29H39N3O5. The van der Waals surface area contributed by atoms with Gasteiger partial charge < -0.3 is 25.4 Å².